The molecular formula is C14H14. The van der Waals surface area contributed by atoms with Crippen molar-refractivity contribution in [2.75, 3.05) is 0 Å². The van der Waals surface area contributed by atoms with Crippen molar-refractivity contribution in [3.63, 3.8) is 0 Å². The lowest BCUT2D eigenvalue weighted by Crippen LogP contribution is -1.79. The van der Waals surface area contributed by atoms with Gasteiger partial charge in [0, 0.05) is 0 Å². The molecule has 0 saturated heterocycles. The van der Waals surface area contributed by atoms with E-state index in [1.165, 1.54) is 21.9 Å². The molecule has 0 N–H and O–H groups in total. The van der Waals surface area contributed by atoms with Crippen LogP contribution in [0.3, 0.4) is 0 Å². The molecule has 2 rings (SSSR count). The summed E-state index contributed by atoms with van der Waals surface area (Å²) in [6.07, 6.45) is 2.14. The van der Waals surface area contributed by atoms with E-state index in [0.717, 1.165) is 0 Å². The molecule has 0 aliphatic carbocycles. The largest absolute Gasteiger partial charge is 0.0841 e. The molecule has 0 aliphatic heterocycles. The molecule has 0 aromatic heterocycles. The molecule has 0 nitrogen and oxygen atoms in total. The van der Waals surface area contributed by atoms with E-state index in [4.69, 9.17) is 0 Å². The quantitative estimate of drug-likeness (QED) is 0.618. The molecule has 0 spiro atoms. The number of allylic oxidation sites excluding steroid dienone is 2. The Labute approximate surface area is 84.9 Å². The molecule has 70 valence electrons. The second-order valence-corrected chi connectivity index (χ2v) is 3.53. The predicted molar refractivity (Wildman–Crippen MR) is 63.3 cm³/mol. The van der Waals surface area contributed by atoms with Crippen LogP contribution < -0.4 is 0 Å². The Balaban J connectivity index is 2.62. The predicted octanol–water partition coefficient (Wildman–Crippen LogP) is 4.26. The molecule has 2 aromatic carbocycles. The van der Waals surface area contributed by atoms with Crippen molar-refractivity contribution in [3.05, 3.63) is 54.1 Å². The maximum atomic E-state index is 2.24. The van der Waals surface area contributed by atoms with E-state index in [1.807, 2.05) is 0 Å². The molecule has 0 fully saturated rings. The summed E-state index contributed by atoms with van der Waals surface area (Å²) >= 11 is 0. The fourth-order valence-electron chi connectivity index (χ4n) is 1.60. The molecule has 0 unspecified atom stereocenters. The van der Waals surface area contributed by atoms with E-state index in [2.05, 4.69) is 62.4 Å². The Morgan fingerprint density at radius 3 is 2.43 bits per heavy atom. The second kappa shape index (κ2) is 3.67. The van der Waals surface area contributed by atoms with Crippen molar-refractivity contribution in [1.82, 2.24) is 0 Å². The average Bonchev–Trinajstić information content (AvgIpc) is 2.27. The van der Waals surface area contributed by atoms with E-state index in [0.29, 0.717) is 0 Å². The normalized spacial score (nSPS) is 12.0. The van der Waals surface area contributed by atoms with Gasteiger partial charge < -0.3 is 0 Å². The lowest BCUT2D eigenvalue weighted by Gasteiger charge is -2.03. The van der Waals surface area contributed by atoms with Gasteiger partial charge in [0.05, 0.1) is 0 Å². The summed E-state index contributed by atoms with van der Waals surface area (Å²) in [5.41, 5.74) is 2.64. The van der Waals surface area contributed by atoms with Crippen molar-refractivity contribution in [2.24, 2.45) is 0 Å². The zero-order valence-corrected chi connectivity index (χ0v) is 8.62. The maximum absolute atomic E-state index is 2.24. The number of benzene rings is 2. The molecule has 14 heavy (non-hydrogen) atoms. The number of rotatable bonds is 1. The molecule has 0 heteroatoms. The van der Waals surface area contributed by atoms with E-state index < -0.39 is 0 Å². The van der Waals surface area contributed by atoms with Crippen LogP contribution in [0.2, 0.25) is 0 Å². The van der Waals surface area contributed by atoms with Gasteiger partial charge >= 0.3 is 0 Å². The summed E-state index contributed by atoms with van der Waals surface area (Å²) < 4.78 is 0. The molecule has 0 heterocycles. The molecule has 0 bridgehead atoms. The van der Waals surface area contributed by atoms with Gasteiger partial charge in [-0.3, -0.25) is 0 Å². The highest BCUT2D eigenvalue weighted by Gasteiger charge is 1.96. The highest BCUT2D eigenvalue weighted by molar-refractivity contribution is 5.85. The van der Waals surface area contributed by atoms with Gasteiger partial charge in [-0.2, -0.15) is 0 Å². The third-order valence-electron chi connectivity index (χ3n) is 2.64. The minimum absolute atomic E-state index is 1.31. The van der Waals surface area contributed by atoms with Crippen LogP contribution in [0.1, 0.15) is 19.4 Å². The van der Waals surface area contributed by atoms with E-state index in [-0.39, 0.29) is 0 Å². The minimum atomic E-state index is 1.31. The third kappa shape index (κ3) is 1.56. The molecule has 0 aliphatic rings. The lowest BCUT2D eigenvalue weighted by molar-refractivity contribution is 1.57. The highest BCUT2D eigenvalue weighted by Crippen LogP contribution is 2.20. The van der Waals surface area contributed by atoms with Crippen LogP contribution in [-0.2, 0) is 0 Å². The van der Waals surface area contributed by atoms with Crippen LogP contribution in [0.15, 0.2) is 48.5 Å². The van der Waals surface area contributed by atoms with Crippen LogP contribution in [-0.4, -0.2) is 0 Å². The zero-order chi connectivity index (χ0) is 9.97. The monoisotopic (exact) mass is 182 g/mol. The van der Waals surface area contributed by atoms with Gasteiger partial charge in [0.25, 0.3) is 0 Å². The smallest absolute Gasteiger partial charge is 0.0178 e. The van der Waals surface area contributed by atoms with Crippen molar-refractivity contribution in [2.45, 2.75) is 13.8 Å². The zero-order valence-electron chi connectivity index (χ0n) is 8.62. The minimum Gasteiger partial charge on any atom is -0.0841 e. The van der Waals surface area contributed by atoms with E-state index in [1.54, 1.807) is 0 Å². The average molecular weight is 182 g/mol. The summed E-state index contributed by atoms with van der Waals surface area (Å²) in [5.74, 6) is 0. The first-order valence-electron chi connectivity index (χ1n) is 4.93. The molecule has 2 aromatic rings. The Morgan fingerprint density at radius 2 is 1.71 bits per heavy atom. The van der Waals surface area contributed by atoms with E-state index in [9.17, 15) is 0 Å². The Hall–Kier alpha value is -1.56. The lowest BCUT2D eigenvalue weighted by atomic mass is 10.0. The first-order chi connectivity index (χ1) is 6.81. The van der Waals surface area contributed by atoms with Crippen molar-refractivity contribution in [1.29, 1.82) is 0 Å². The van der Waals surface area contributed by atoms with Gasteiger partial charge in [-0.15, -0.1) is 0 Å². The van der Waals surface area contributed by atoms with Crippen LogP contribution in [0.5, 0.6) is 0 Å². The summed E-state index contributed by atoms with van der Waals surface area (Å²) in [7, 11) is 0. The topological polar surface area (TPSA) is 0 Å². The molecule has 0 radical (unpaired) electrons. The summed E-state index contributed by atoms with van der Waals surface area (Å²) in [4.78, 5) is 0. The van der Waals surface area contributed by atoms with Gasteiger partial charge in [-0.1, -0.05) is 42.5 Å². The number of fused-ring (bicyclic) bond motifs is 1. The highest BCUT2D eigenvalue weighted by atomic mass is 14.0. The van der Waals surface area contributed by atoms with Crippen LogP contribution in [0, 0.1) is 0 Å². The standard InChI is InChI=1S/C14H14/c1-3-11(2)13-9-8-12-6-4-5-7-14(12)10-13/h3-10H,1-2H3/b11-3-. The summed E-state index contributed by atoms with van der Waals surface area (Å²) in [5, 5.41) is 2.62. The fraction of sp³-hybridized carbons (Fsp3) is 0.143. The Bertz CT molecular complexity index is 478. The first kappa shape index (κ1) is 9.01. The molecule has 0 amide bonds. The maximum Gasteiger partial charge on any atom is -0.0178 e. The second-order valence-electron chi connectivity index (χ2n) is 3.53. The van der Waals surface area contributed by atoms with Crippen LogP contribution in [0.25, 0.3) is 16.3 Å². The fourth-order valence-corrected chi connectivity index (χ4v) is 1.60. The third-order valence-corrected chi connectivity index (χ3v) is 2.64. The molecular weight excluding hydrogens is 168 g/mol. The molecule has 0 saturated carbocycles. The van der Waals surface area contributed by atoms with Gasteiger partial charge in [-0.05, 0) is 41.8 Å². The Morgan fingerprint density at radius 1 is 1.00 bits per heavy atom. The number of hydrogen-bond acceptors (Lipinski definition) is 0. The van der Waals surface area contributed by atoms with Crippen molar-refractivity contribution in [3.8, 4) is 0 Å². The van der Waals surface area contributed by atoms with Crippen LogP contribution >= 0.6 is 0 Å². The summed E-state index contributed by atoms with van der Waals surface area (Å²) in [6.45, 7) is 4.22. The van der Waals surface area contributed by atoms with Crippen molar-refractivity contribution >= 4 is 16.3 Å². The van der Waals surface area contributed by atoms with Crippen LogP contribution in [0.4, 0.5) is 0 Å². The number of hydrogen-bond donors (Lipinski definition) is 0. The molecule has 0 atom stereocenters. The van der Waals surface area contributed by atoms with Gasteiger partial charge in [0.15, 0.2) is 0 Å². The van der Waals surface area contributed by atoms with Gasteiger partial charge in [0.1, 0.15) is 0 Å². The van der Waals surface area contributed by atoms with Crippen molar-refractivity contribution < 1.29 is 0 Å². The SMILES string of the molecule is C/C=C(/C)c1ccc2ccccc2c1. The Kier molecular flexibility index (Phi) is 2.36. The van der Waals surface area contributed by atoms with Gasteiger partial charge in [-0.25, -0.2) is 0 Å². The summed E-state index contributed by atoms with van der Waals surface area (Å²) in [6, 6.07) is 15.0. The van der Waals surface area contributed by atoms with Gasteiger partial charge in [0.2, 0.25) is 0 Å². The first-order valence-corrected chi connectivity index (χ1v) is 4.93. The van der Waals surface area contributed by atoms with E-state index >= 15 is 0 Å².